The molecule has 0 radical (unpaired) electrons. The second-order valence-corrected chi connectivity index (χ2v) is 2.46. The summed E-state index contributed by atoms with van der Waals surface area (Å²) >= 11 is 0. The van der Waals surface area contributed by atoms with Crippen LogP contribution in [-0.2, 0) is 4.74 Å². The third-order valence-corrected chi connectivity index (χ3v) is 1.55. The van der Waals surface area contributed by atoms with E-state index in [0.29, 0.717) is 17.2 Å². The first kappa shape index (κ1) is 10.0. The Morgan fingerprint density at radius 1 is 1.57 bits per heavy atom. The fraction of sp³-hybridized carbons (Fsp3) is 0.286. The number of amides is 1. The van der Waals surface area contributed by atoms with Crippen molar-refractivity contribution in [1.29, 1.82) is 0 Å². The maximum Gasteiger partial charge on any atom is 0.425 e. The number of aromatic nitrogens is 2. The van der Waals surface area contributed by atoms with Crippen LogP contribution in [0.2, 0.25) is 0 Å². The normalized spacial score (nSPS) is 9.29. The summed E-state index contributed by atoms with van der Waals surface area (Å²) < 4.78 is 4.35. The van der Waals surface area contributed by atoms with Gasteiger partial charge in [0.2, 0.25) is 0 Å². The molecule has 7 nitrogen and oxygen atoms in total. The molecule has 4 N–H and O–H groups in total. The van der Waals surface area contributed by atoms with Crippen LogP contribution in [0.15, 0.2) is 6.33 Å². The number of anilines is 2. The quantitative estimate of drug-likeness (QED) is 0.579. The van der Waals surface area contributed by atoms with Gasteiger partial charge in [0.05, 0.1) is 18.5 Å². The van der Waals surface area contributed by atoms with Crippen molar-refractivity contribution in [3.05, 3.63) is 12.0 Å². The van der Waals surface area contributed by atoms with Crippen molar-refractivity contribution < 1.29 is 9.53 Å². The fourth-order valence-electron chi connectivity index (χ4n) is 0.745. The van der Waals surface area contributed by atoms with Crippen molar-refractivity contribution in [2.24, 2.45) is 0 Å². The van der Waals surface area contributed by atoms with Gasteiger partial charge in [-0.15, -0.1) is 0 Å². The molecule has 1 heterocycles. The molecule has 1 amide bonds. The van der Waals surface area contributed by atoms with Crippen molar-refractivity contribution in [2.45, 2.75) is 6.92 Å². The summed E-state index contributed by atoms with van der Waals surface area (Å²) in [6, 6.07) is 0. The molecular formula is C7H11N5O2. The molecule has 1 rings (SSSR count). The zero-order chi connectivity index (χ0) is 10.6. The van der Waals surface area contributed by atoms with Gasteiger partial charge in [0.25, 0.3) is 0 Å². The molecule has 0 aliphatic rings. The van der Waals surface area contributed by atoms with Gasteiger partial charge in [0.1, 0.15) is 6.33 Å². The van der Waals surface area contributed by atoms with Gasteiger partial charge in [-0.1, -0.05) is 0 Å². The van der Waals surface area contributed by atoms with Crippen LogP contribution < -0.4 is 16.6 Å². The van der Waals surface area contributed by atoms with E-state index in [1.807, 2.05) is 0 Å². The van der Waals surface area contributed by atoms with Crippen molar-refractivity contribution in [1.82, 2.24) is 15.4 Å². The largest absolute Gasteiger partial charge is 0.452 e. The van der Waals surface area contributed by atoms with E-state index in [9.17, 15) is 4.79 Å². The fourth-order valence-corrected chi connectivity index (χ4v) is 0.745. The van der Waals surface area contributed by atoms with Crippen molar-refractivity contribution in [3.8, 4) is 0 Å². The minimum atomic E-state index is -0.624. The standard InChI is InChI=1S/C7H11N5O2/c1-4-5(8)6(10-3-9-4)11-12-7(13)14-2/h3H,8H2,1-2H3,(H,12,13)(H,9,10,11). The number of methoxy groups -OCH3 is 1. The van der Waals surface area contributed by atoms with Crippen LogP contribution in [-0.4, -0.2) is 23.2 Å². The number of rotatable bonds is 2. The topological polar surface area (TPSA) is 102 Å². The zero-order valence-corrected chi connectivity index (χ0v) is 7.87. The molecule has 14 heavy (non-hydrogen) atoms. The average molecular weight is 197 g/mol. The number of nitrogens with one attached hydrogen (secondary N) is 2. The van der Waals surface area contributed by atoms with Gasteiger partial charge in [-0.2, -0.15) is 0 Å². The van der Waals surface area contributed by atoms with E-state index in [2.05, 4.69) is 25.6 Å². The van der Waals surface area contributed by atoms with Crippen molar-refractivity contribution in [3.63, 3.8) is 0 Å². The highest BCUT2D eigenvalue weighted by molar-refractivity contribution is 5.71. The molecule has 0 aliphatic heterocycles. The van der Waals surface area contributed by atoms with Crippen LogP contribution in [0.25, 0.3) is 0 Å². The molecule has 0 aliphatic carbocycles. The van der Waals surface area contributed by atoms with Gasteiger partial charge in [-0.3, -0.25) is 5.43 Å². The number of hydrogen-bond donors (Lipinski definition) is 3. The highest BCUT2D eigenvalue weighted by Gasteiger charge is 2.04. The van der Waals surface area contributed by atoms with Crippen LogP contribution in [0.1, 0.15) is 5.69 Å². The Morgan fingerprint density at radius 2 is 2.29 bits per heavy atom. The number of nitrogens with zero attached hydrogens (tertiary/aromatic N) is 2. The molecule has 0 saturated carbocycles. The molecule has 76 valence electrons. The van der Waals surface area contributed by atoms with E-state index >= 15 is 0 Å². The summed E-state index contributed by atoms with van der Waals surface area (Å²) in [5.74, 6) is 0.336. The Morgan fingerprint density at radius 3 is 2.93 bits per heavy atom. The summed E-state index contributed by atoms with van der Waals surface area (Å²) in [5, 5.41) is 0. The number of nitrogen functional groups attached to an aromatic ring is 1. The minimum absolute atomic E-state index is 0.336. The Balaban J connectivity index is 2.68. The predicted molar refractivity (Wildman–Crippen MR) is 50.3 cm³/mol. The van der Waals surface area contributed by atoms with Crippen LogP contribution in [0.5, 0.6) is 0 Å². The molecule has 0 saturated heterocycles. The summed E-state index contributed by atoms with van der Waals surface area (Å²) in [7, 11) is 1.26. The van der Waals surface area contributed by atoms with Gasteiger partial charge < -0.3 is 10.5 Å². The number of ether oxygens (including phenoxy) is 1. The molecular weight excluding hydrogens is 186 g/mol. The summed E-state index contributed by atoms with van der Waals surface area (Å²) in [6.45, 7) is 1.74. The van der Waals surface area contributed by atoms with Crippen LogP contribution in [0.4, 0.5) is 16.3 Å². The average Bonchev–Trinajstić information content (AvgIpc) is 2.20. The Hall–Kier alpha value is -2.05. The van der Waals surface area contributed by atoms with Gasteiger partial charge in [-0.25, -0.2) is 20.2 Å². The lowest BCUT2D eigenvalue weighted by Gasteiger charge is -2.09. The summed E-state index contributed by atoms with van der Waals surface area (Å²) in [5.41, 5.74) is 11.4. The molecule has 0 bridgehead atoms. The van der Waals surface area contributed by atoms with Gasteiger partial charge in [-0.05, 0) is 6.92 Å². The van der Waals surface area contributed by atoms with E-state index in [4.69, 9.17) is 5.73 Å². The van der Waals surface area contributed by atoms with Crippen molar-refractivity contribution >= 4 is 17.6 Å². The smallest absolute Gasteiger partial charge is 0.425 e. The maximum atomic E-state index is 10.7. The number of aryl methyl sites for hydroxylation is 1. The molecule has 1 aromatic rings. The zero-order valence-electron chi connectivity index (χ0n) is 7.87. The Bertz CT molecular complexity index is 341. The maximum absolute atomic E-state index is 10.7. The Labute approximate surface area is 80.7 Å². The molecule has 0 fully saturated rings. The second kappa shape index (κ2) is 4.26. The number of nitrogens with two attached hydrogens (primary N) is 1. The van der Waals surface area contributed by atoms with Crippen LogP contribution >= 0.6 is 0 Å². The molecule has 1 aromatic heterocycles. The number of carbonyl (C=O) groups excluding carboxylic acids is 1. The lowest BCUT2D eigenvalue weighted by molar-refractivity contribution is 0.173. The van der Waals surface area contributed by atoms with E-state index in [-0.39, 0.29) is 0 Å². The highest BCUT2D eigenvalue weighted by atomic mass is 16.5. The minimum Gasteiger partial charge on any atom is -0.452 e. The van der Waals surface area contributed by atoms with Crippen molar-refractivity contribution in [2.75, 3.05) is 18.3 Å². The van der Waals surface area contributed by atoms with Gasteiger partial charge in [0, 0.05) is 0 Å². The van der Waals surface area contributed by atoms with Crippen LogP contribution in [0, 0.1) is 6.92 Å². The molecule has 0 aromatic carbocycles. The number of carbonyl (C=O) groups is 1. The first-order valence-electron chi connectivity index (χ1n) is 3.82. The lowest BCUT2D eigenvalue weighted by Crippen LogP contribution is -2.30. The van der Waals surface area contributed by atoms with Crippen LogP contribution in [0.3, 0.4) is 0 Å². The summed E-state index contributed by atoms with van der Waals surface area (Å²) in [4.78, 5) is 18.4. The lowest BCUT2D eigenvalue weighted by atomic mass is 10.3. The predicted octanol–water partition coefficient (Wildman–Crippen LogP) is 0.0501. The number of hydrogen-bond acceptors (Lipinski definition) is 6. The molecule has 0 atom stereocenters. The Kier molecular flexibility index (Phi) is 3.05. The monoisotopic (exact) mass is 197 g/mol. The SMILES string of the molecule is COC(=O)NNc1ncnc(C)c1N. The molecule has 0 unspecified atom stereocenters. The number of hydrazine groups is 1. The first-order valence-corrected chi connectivity index (χ1v) is 3.82. The highest BCUT2D eigenvalue weighted by Crippen LogP contribution is 2.15. The molecule has 0 spiro atoms. The van der Waals surface area contributed by atoms with E-state index in [0.717, 1.165) is 0 Å². The van der Waals surface area contributed by atoms with Gasteiger partial charge >= 0.3 is 6.09 Å². The van der Waals surface area contributed by atoms with Gasteiger partial charge in [0.15, 0.2) is 5.82 Å². The molecule has 7 heteroatoms. The summed E-state index contributed by atoms with van der Waals surface area (Å²) in [6.07, 6.45) is 0.716. The third-order valence-electron chi connectivity index (χ3n) is 1.55. The van der Waals surface area contributed by atoms with E-state index < -0.39 is 6.09 Å². The second-order valence-electron chi connectivity index (χ2n) is 2.46. The first-order chi connectivity index (χ1) is 6.65. The third kappa shape index (κ3) is 2.22. The van der Waals surface area contributed by atoms with E-state index in [1.165, 1.54) is 13.4 Å². The van der Waals surface area contributed by atoms with E-state index in [1.54, 1.807) is 6.92 Å².